The topological polar surface area (TPSA) is 75.1 Å². The summed E-state index contributed by atoms with van der Waals surface area (Å²) in [5.74, 6) is 7.17. The van der Waals surface area contributed by atoms with E-state index in [-0.39, 0.29) is 30.6 Å². The Morgan fingerprint density at radius 1 is 1.22 bits per heavy atom. The molecule has 0 radical (unpaired) electrons. The number of pyridine rings is 1. The van der Waals surface area contributed by atoms with Gasteiger partial charge in [-0.3, -0.25) is 4.79 Å². The molecule has 1 saturated heterocycles. The van der Waals surface area contributed by atoms with Crippen molar-refractivity contribution in [2.75, 3.05) is 46.5 Å². The van der Waals surface area contributed by atoms with Gasteiger partial charge < -0.3 is 24.4 Å². The lowest BCUT2D eigenvalue weighted by Gasteiger charge is -2.38. The molecule has 1 aromatic heterocycles. The quantitative estimate of drug-likeness (QED) is 0.583. The van der Waals surface area contributed by atoms with Crippen LogP contribution in [0.2, 0.25) is 0 Å². The van der Waals surface area contributed by atoms with Crippen LogP contribution in [0.4, 0.5) is 0 Å². The van der Waals surface area contributed by atoms with Crippen molar-refractivity contribution < 1.29 is 19.4 Å². The number of nitrogens with zero attached hydrogens (tertiary/aromatic N) is 3. The van der Waals surface area contributed by atoms with Gasteiger partial charge in [0.15, 0.2) is 0 Å². The van der Waals surface area contributed by atoms with Crippen molar-refractivity contribution >= 4 is 5.91 Å². The Morgan fingerprint density at radius 3 is 2.70 bits per heavy atom. The number of carbonyl (C=O) groups excluding carboxylic acids is 1. The fourth-order valence-corrected chi connectivity index (χ4v) is 4.98. The number of benzene rings is 1. The normalized spacial score (nSPS) is 21.3. The van der Waals surface area contributed by atoms with Gasteiger partial charge in [-0.2, -0.15) is 0 Å². The van der Waals surface area contributed by atoms with E-state index in [9.17, 15) is 9.90 Å². The van der Waals surface area contributed by atoms with Crippen molar-refractivity contribution in [1.29, 1.82) is 0 Å². The molecule has 7 nitrogen and oxygen atoms in total. The molecule has 2 aromatic rings. The van der Waals surface area contributed by atoms with Crippen LogP contribution in [0, 0.1) is 23.7 Å². The zero-order valence-corrected chi connectivity index (χ0v) is 22.2. The molecule has 0 saturated carbocycles. The third kappa shape index (κ3) is 7.32. The van der Waals surface area contributed by atoms with E-state index in [1.165, 1.54) is 0 Å². The van der Waals surface area contributed by atoms with Gasteiger partial charge in [-0.1, -0.05) is 49.1 Å². The van der Waals surface area contributed by atoms with Gasteiger partial charge in [0.1, 0.15) is 11.7 Å². The monoisotopic (exact) mass is 505 g/mol. The lowest BCUT2D eigenvalue weighted by atomic mass is 9.97. The maximum Gasteiger partial charge on any atom is 0.259 e. The summed E-state index contributed by atoms with van der Waals surface area (Å²) in [7, 11) is 2.13. The number of likely N-dealkylation sites (N-methyl/N-ethyl adjacent to an activating group) is 1. The Bertz CT molecular complexity index is 1090. The van der Waals surface area contributed by atoms with Gasteiger partial charge in [0.25, 0.3) is 5.91 Å². The molecular formula is C30H39N3O4. The minimum Gasteiger partial charge on any atom is -0.472 e. The Labute approximate surface area is 220 Å². The fourth-order valence-electron chi connectivity index (χ4n) is 4.98. The van der Waals surface area contributed by atoms with Gasteiger partial charge >= 0.3 is 0 Å². The molecular weight excluding hydrogens is 466 g/mol. The highest BCUT2D eigenvalue weighted by Gasteiger charge is 2.34. The number of fused-ring (bicyclic) bond motifs is 1. The zero-order valence-electron chi connectivity index (χ0n) is 22.2. The largest absolute Gasteiger partial charge is 0.472 e. The first-order valence-electron chi connectivity index (χ1n) is 13.3. The van der Waals surface area contributed by atoms with E-state index in [1.807, 2.05) is 37.3 Å². The highest BCUT2D eigenvalue weighted by Crippen LogP contribution is 2.27. The molecule has 37 heavy (non-hydrogen) atoms. The van der Waals surface area contributed by atoms with Crippen LogP contribution in [0.15, 0.2) is 42.6 Å². The van der Waals surface area contributed by atoms with Crippen LogP contribution in [0.3, 0.4) is 0 Å². The summed E-state index contributed by atoms with van der Waals surface area (Å²) in [4.78, 5) is 22.2. The van der Waals surface area contributed by atoms with E-state index in [0.717, 1.165) is 44.7 Å². The minimum atomic E-state index is -0.311. The predicted molar refractivity (Wildman–Crippen MR) is 143 cm³/mol. The van der Waals surface area contributed by atoms with Crippen LogP contribution in [0.5, 0.6) is 5.88 Å². The number of aromatic nitrogens is 1. The number of hydrogen-bond acceptors (Lipinski definition) is 6. The molecule has 4 rings (SSSR count). The molecule has 0 bridgehead atoms. The highest BCUT2D eigenvalue weighted by atomic mass is 16.5. The van der Waals surface area contributed by atoms with Crippen LogP contribution in [-0.4, -0.2) is 84.4 Å². The maximum absolute atomic E-state index is 13.6. The summed E-state index contributed by atoms with van der Waals surface area (Å²) in [6.07, 6.45) is 4.32. The van der Waals surface area contributed by atoms with E-state index < -0.39 is 0 Å². The van der Waals surface area contributed by atoms with Crippen molar-refractivity contribution in [2.45, 2.75) is 45.3 Å². The first-order chi connectivity index (χ1) is 17.9. The zero-order chi connectivity index (χ0) is 26.2. The van der Waals surface area contributed by atoms with Crippen LogP contribution in [-0.2, 0) is 11.2 Å². The molecule has 0 unspecified atom stereocenters. The molecule has 2 aliphatic heterocycles. The Morgan fingerprint density at radius 2 is 1.97 bits per heavy atom. The van der Waals surface area contributed by atoms with Crippen LogP contribution >= 0.6 is 0 Å². The summed E-state index contributed by atoms with van der Waals surface area (Å²) in [5, 5.41) is 9.89. The van der Waals surface area contributed by atoms with Gasteiger partial charge in [0, 0.05) is 56.9 Å². The molecule has 1 amide bonds. The molecule has 0 aliphatic carbocycles. The van der Waals surface area contributed by atoms with E-state index in [1.54, 1.807) is 17.2 Å². The van der Waals surface area contributed by atoms with Crippen molar-refractivity contribution in [1.82, 2.24) is 14.8 Å². The Kier molecular flexibility index (Phi) is 9.56. The number of rotatable bonds is 7. The molecule has 1 aromatic carbocycles. The minimum absolute atomic E-state index is 0.0652. The fraction of sp³-hybridized carbons (Fsp3) is 0.533. The molecule has 3 atom stereocenters. The van der Waals surface area contributed by atoms with Crippen LogP contribution in [0.25, 0.3) is 0 Å². The summed E-state index contributed by atoms with van der Waals surface area (Å²) in [6.45, 7) is 7.75. The molecule has 198 valence electrons. The van der Waals surface area contributed by atoms with E-state index in [4.69, 9.17) is 9.47 Å². The van der Waals surface area contributed by atoms with Gasteiger partial charge in [0.2, 0.25) is 5.88 Å². The summed E-state index contributed by atoms with van der Waals surface area (Å²) >= 11 is 0. The lowest BCUT2D eigenvalue weighted by Crippen LogP contribution is -2.50. The average molecular weight is 506 g/mol. The third-order valence-electron chi connectivity index (χ3n) is 7.29. The second kappa shape index (κ2) is 13.0. The second-order valence-corrected chi connectivity index (χ2v) is 10.4. The molecule has 1 N–H and O–H groups in total. The number of carbonyl (C=O) groups is 1. The van der Waals surface area contributed by atoms with Crippen LogP contribution < -0.4 is 4.74 Å². The Hall–Kier alpha value is -2.92. The number of ether oxygens (including phenoxy) is 2. The van der Waals surface area contributed by atoms with Gasteiger partial charge in [-0.25, -0.2) is 4.98 Å². The van der Waals surface area contributed by atoms with E-state index in [2.05, 4.69) is 35.7 Å². The molecule has 3 heterocycles. The Balaban J connectivity index is 1.55. The number of aliphatic hydroxyl groups excluding tert-OH is 1. The molecule has 2 aliphatic rings. The molecule has 0 spiro atoms. The number of amides is 1. The first kappa shape index (κ1) is 27.1. The first-order valence-corrected chi connectivity index (χ1v) is 13.3. The summed E-state index contributed by atoms with van der Waals surface area (Å²) < 4.78 is 11.9. The number of hydrogen-bond donors (Lipinski definition) is 1. The highest BCUT2D eigenvalue weighted by molar-refractivity contribution is 5.97. The predicted octanol–water partition coefficient (Wildman–Crippen LogP) is 3.25. The van der Waals surface area contributed by atoms with Gasteiger partial charge in [0.05, 0.1) is 12.6 Å². The van der Waals surface area contributed by atoms with E-state index in [0.29, 0.717) is 35.9 Å². The number of aliphatic hydroxyl groups is 1. The van der Waals surface area contributed by atoms with Crippen molar-refractivity contribution in [3.63, 3.8) is 0 Å². The molecule has 7 heteroatoms. The second-order valence-electron chi connectivity index (χ2n) is 10.4. The van der Waals surface area contributed by atoms with Gasteiger partial charge in [-0.05, 0) is 44.4 Å². The van der Waals surface area contributed by atoms with Crippen molar-refractivity contribution in [3.05, 3.63) is 59.3 Å². The maximum atomic E-state index is 13.6. The standard InChI is InChI=1S/C30H39N3O4/c1-22-18-33(23(2)21-34)30(35)27-16-26(11-7-10-24-8-5-4-6-9-24)17-31-29(27)37-28(22)20-32(3)19-25-12-14-36-15-13-25/h4-6,8-9,16-17,22-23,25,28,34H,10,12-15,18-21H2,1-3H3/t22-,23-,28-/m0/s1. The van der Waals surface area contributed by atoms with Gasteiger partial charge in [-0.15, -0.1) is 0 Å². The van der Waals surface area contributed by atoms with Crippen molar-refractivity contribution in [3.8, 4) is 17.7 Å². The van der Waals surface area contributed by atoms with Crippen LogP contribution in [0.1, 0.15) is 48.2 Å². The lowest BCUT2D eigenvalue weighted by molar-refractivity contribution is 0.0254. The van der Waals surface area contributed by atoms with E-state index >= 15 is 0 Å². The van der Waals surface area contributed by atoms with Crippen molar-refractivity contribution in [2.24, 2.45) is 11.8 Å². The summed E-state index contributed by atoms with van der Waals surface area (Å²) in [5.41, 5.74) is 2.21. The summed E-state index contributed by atoms with van der Waals surface area (Å²) in [6, 6.07) is 11.5. The third-order valence-corrected chi connectivity index (χ3v) is 7.29. The smallest absolute Gasteiger partial charge is 0.259 e. The molecule has 1 fully saturated rings. The average Bonchev–Trinajstić information content (AvgIpc) is 2.91. The SMILES string of the molecule is C[C@H]1CN([C@@H](C)CO)C(=O)c2cc(C#CCc3ccccc3)cnc2O[C@H]1CN(C)CC1CCOCC1.